The van der Waals surface area contributed by atoms with Crippen LogP contribution in [0.5, 0.6) is 5.75 Å². The van der Waals surface area contributed by atoms with Crippen LogP contribution in [0.25, 0.3) is 10.6 Å². The van der Waals surface area contributed by atoms with Crippen LogP contribution in [0.15, 0.2) is 47.8 Å². The van der Waals surface area contributed by atoms with E-state index in [9.17, 15) is 14.0 Å². The Morgan fingerprint density at radius 2 is 1.91 bits per heavy atom. The highest BCUT2D eigenvalue weighted by molar-refractivity contribution is 7.13. The van der Waals surface area contributed by atoms with Crippen LogP contribution >= 0.6 is 11.3 Å². The summed E-state index contributed by atoms with van der Waals surface area (Å²) in [7, 11) is 0. The lowest BCUT2D eigenvalue weighted by Gasteiger charge is -2.26. The first-order chi connectivity index (χ1) is 17.0. The van der Waals surface area contributed by atoms with Crippen molar-refractivity contribution >= 4 is 34.5 Å². The number of rotatable bonds is 9. The van der Waals surface area contributed by atoms with E-state index in [-0.39, 0.29) is 23.7 Å². The van der Waals surface area contributed by atoms with Gasteiger partial charge in [-0.05, 0) is 49.4 Å². The van der Waals surface area contributed by atoms with Gasteiger partial charge in [-0.1, -0.05) is 0 Å². The Morgan fingerprint density at radius 1 is 1.14 bits per heavy atom. The van der Waals surface area contributed by atoms with Gasteiger partial charge in [-0.25, -0.2) is 9.37 Å². The predicted octanol–water partition coefficient (Wildman–Crippen LogP) is 4.26. The molecule has 1 saturated heterocycles. The average Bonchev–Trinajstić information content (AvgIpc) is 3.37. The molecular formula is C25H27FN4O4S. The van der Waals surface area contributed by atoms with Crippen LogP contribution in [0, 0.1) is 5.82 Å². The quantitative estimate of drug-likeness (QED) is 0.458. The van der Waals surface area contributed by atoms with Gasteiger partial charge in [0, 0.05) is 42.7 Å². The number of hydrogen-bond donors (Lipinski definition) is 2. The molecule has 1 aliphatic rings. The fourth-order valence-corrected chi connectivity index (χ4v) is 4.37. The number of anilines is 2. The molecule has 1 aromatic heterocycles. The lowest BCUT2D eigenvalue weighted by atomic mass is 10.2. The molecule has 0 saturated carbocycles. The van der Waals surface area contributed by atoms with Crippen molar-refractivity contribution in [1.82, 2.24) is 9.88 Å². The molecule has 184 valence electrons. The first-order valence-corrected chi connectivity index (χ1v) is 12.3. The zero-order valence-corrected chi connectivity index (χ0v) is 20.2. The number of amides is 2. The lowest BCUT2D eigenvalue weighted by Crippen LogP contribution is -2.38. The van der Waals surface area contributed by atoms with Gasteiger partial charge in [-0.2, -0.15) is 0 Å². The first-order valence-electron chi connectivity index (χ1n) is 11.4. The average molecular weight is 499 g/mol. The molecule has 0 spiro atoms. The number of carbonyl (C=O) groups excluding carboxylic acids is 2. The summed E-state index contributed by atoms with van der Waals surface area (Å²) in [5.41, 5.74) is 1.50. The SMILES string of the molecule is CCOc1ccc(-c2nc(C(=O)Nc3ccc(F)c(NC(=O)CCN4CCOCC4)c3)cs2)cc1. The summed E-state index contributed by atoms with van der Waals surface area (Å²) in [6.45, 7) is 5.94. The Labute approximate surface area is 207 Å². The standard InChI is InChI=1S/C25H27FN4O4S/c1-2-34-19-6-3-17(4-7-19)25-29-22(16-35-25)24(32)27-18-5-8-20(26)21(15-18)28-23(31)9-10-30-11-13-33-14-12-30/h3-8,15-16H,2,9-14H2,1H3,(H,27,32)(H,28,31). The minimum Gasteiger partial charge on any atom is -0.494 e. The molecule has 3 aromatic rings. The molecule has 10 heteroatoms. The van der Waals surface area contributed by atoms with Gasteiger partial charge in [0.2, 0.25) is 5.91 Å². The van der Waals surface area contributed by atoms with Crippen LogP contribution in [0.4, 0.5) is 15.8 Å². The molecule has 1 fully saturated rings. The van der Waals surface area contributed by atoms with E-state index < -0.39 is 11.7 Å². The monoisotopic (exact) mass is 498 g/mol. The zero-order valence-electron chi connectivity index (χ0n) is 19.4. The fraction of sp³-hybridized carbons (Fsp3) is 0.320. The number of nitrogens with zero attached hydrogens (tertiary/aromatic N) is 2. The summed E-state index contributed by atoms with van der Waals surface area (Å²) in [4.78, 5) is 31.6. The molecule has 0 radical (unpaired) electrons. The van der Waals surface area contributed by atoms with Gasteiger partial charge in [-0.3, -0.25) is 14.5 Å². The van der Waals surface area contributed by atoms with Gasteiger partial charge >= 0.3 is 0 Å². The van der Waals surface area contributed by atoms with Crippen molar-refractivity contribution in [2.45, 2.75) is 13.3 Å². The molecule has 2 heterocycles. The van der Waals surface area contributed by atoms with Crippen molar-refractivity contribution in [3.63, 3.8) is 0 Å². The van der Waals surface area contributed by atoms with E-state index in [1.807, 2.05) is 31.2 Å². The summed E-state index contributed by atoms with van der Waals surface area (Å²) in [6.07, 6.45) is 0.239. The molecule has 4 rings (SSSR count). The van der Waals surface area contributed by atoms with E-state index in [0.29, 0.717) is 37.1 Å². The summed E-state index contributed by atoms with van der Waals surface area (Å²) in [6, 6.07) is 11.5. The number of carbonyl (C=O) groups is 2. The highest BCUT2D eigenvalue weighted by Crippen LogP contribution is 2.27. The summed E-state index contributed by atoms with van der Waals surface area (Å²) in [5.74, 6) is -0.520. The molecule has 2 amide bonds. The highest BCUT2D eigenvalue weighted by Gasteiger charge is 2.16. The van der Waals surface area contributed by atoms with Crippen molar-refractivity contribution in [3.8, 4) is 16.3 Å². The van der Waals surface area contributed by atoms with Gasteiger partial charge in [0.05, 0.1) is 25.5 Å². The topological polar surface area (TPSA) is 92.8 Å². The van der Waals surface area contributed by atoms with Crippen molar-refractivity contribution < 1.29 is 23.5 Å². The largest absolute Gasteiger partial charge is 0.494 e. The van der Waals surface area contributed by atoms with Gasteiger partial charge < -0.3 is 20.1 Å². The van der Waals surface area contributed by atoms with Gasteiger partial charge in [0.1, 0.15) is 22.3 Å². The van der Waals surface area contributed by atoms with Gasteiger partial charge in [0.25, 0.3) is 5.91 Å². The van der Waals surface area contributed by atoms with Gasteiger partial charge in [0.15, 0.2) is 0 Å². The van der Waals surface area contributed by atoms with Crippen molar-refractivity contribution in [1.29, 1.82) is 0 Å². The molecule has 2 aromatic carbocycles. The van der Waals surface area contributed by atoms with E-state index in [4.69, 9.17) is 9.47 Å². The number of halogens is 1. The lowest BCUT2D eigenvalue weighted by molar-refractivity contribution is -0.116. The fourth-order valence-electron chi connectivity index (χ4n) is 3.56. The summed E-state index contributed by atoms with van der Waals surface area (Å²) in [5, 5.41) is 7.68. The third-order valence-corrected chi connectivity index (χ3v) is 6.30. The second kappa shape index (κ2) is 11.9. The first kappa shape index (κ1) is 24.8. The summed E-state index contributed by atoms with van der Waals surface area (Å²) >= 11 is 1.35. The minimum atomic E-state index is -0.575. The van der Waals surface area contributed by atoms with Crippen LogP contribution in [0.2, 0.25) is 0 Å². The van der Waals surface area contributed by atoms with Crippen LogP contribution in [-0.4, -0.2) is 61.2 Å². The maximum atomic E-state index is 14.3. The predicted molar refractivity (Wildman–Crippen MR) is 134 cm³/mol. The third-order valence-electron chi connectivity index (χ3n) is 5.41. The summed E-state index contributed by atoms with van der Waals surface area (Å²) < 4.78 is 25.0. The number of nitrogens with one attached hydrogen (secondary N) is 2. The Balaban J connectivity index is 1.35. The van der Waals surface area contributed by atoms with Crippen molar-refractivity contribution in [2.75, 3.05) is 50.1 Å². The molecule has 0 unspecified atom stereocenters. The highest BCUT2D eigenvalue weighted by atomic mass is 32.1. The van der Waals surface area contributed by atoms with E-state index in [1.165, 1.54) is 29.5 Å². The molecule has 1 aliphatic heterocycles. The van der Waals surface area contributed by atoms with Crippen LogP contribution in [0.1, 0.15) is 23.8 Å². The number of morpholine rings is 1. The third kappa shape index (κ3) is 6.84. The van der Waals surface area contributed by atoms with E-state index in [2.05, 4.69) is 20.5 Å². The molecule has 0 aliphatic carbocycles. The Kier molecular flexibility index (Phi) is 8.40. The van der Waals surface area contributed by atoms with E-state index >= 15 is 0 Å². The normalized spacial score (nSPS) is 13.9. The number of ether oxygens (including phenoxy) is 2. The number of thiazole rings is 1. The van der Waals surface area contributed by atoms with Gasteiger partial charge in [-0.15, -0.1) is 11.3 Å². The van der Waals surface area contributed by atoms with E-state index in [0.717, 1.165) is 24.4 Å². The molecule has 8 nitrogen and oxygen atoms in total. The number of benzene rings is 2. The van der Waals surface area contributed by atoms with Crippen LogP contribution < -0.4 is 15.4 Å². The molecule has 2 N–H and O–H groups in total. The maximum Gasteiger partial charge on any atom is 0.275 e. The van der Waals surface area contributed by atoms with Crippen molar-refractivity contribution in [2.24, 2.45) is 0 Å². The molecular weight excluding hydrogens is 471 g/mol. The molecule has 0 bridgehead atoms. The minimum absolute atomic E-state index is 0.0168. The second-order valence-electron chi connectivity index (χ2n) is 7.90. The Hall–Kier alpha value is -3.34. The van der Waals surface area contributed by atoms with Crippen LogP contribution in [-0.2, 0) is 9.53 Å². The van der Waals surface area contributed by atoms with E-state index in [1.54, 1.807) is 5.38 Å². The zero-order chi connectivity index (χ0) is 24.6. The molecule has 0 atom stereocenters. The molecule has 35 heavy (non-hydrogen) atoms. The maximum absolute atomic E-state index is 14.3. The second-order valence-corrected chi connectivity index (χ2v) is 8.75. The smallest absolute Gasteiger partial charge is 0.275 e. The number of hydrogen-bond acceptors (Lipinski definition) is 7. The van der Waals surface area contributed by atoms with Crippen LogP contribution in [0.3, 0.4) is 0 Å². The number of aromatic nitrogens is 1. The van der Waals surface area contributed by atoms with Crippen molar-refractivity contribution in [3.05, 3.63) is 59.4 Å². The Bertz CT molecular complexity index is 1160. The Morgan fingerprint density at radius 3 is 2.66 bits per heavy atom.